The van der Waals surface area contributed by atoms with Gasteiger partial charge in [-0.25, -0.2) is 14.2 Å². The van der Waals surface area contributed by atoms with Gasteiger partial charge in [0.05, 0.1) is 23.7 Å². The first-order valence-corrected chi connectivity index (χ1v) is 8.97. The second-order valence-corrected chi connectivity index (χ2v) is 6.54. The molecule has 2 amide bonds. The van der Waals surface area contributed by atoms with Gasteiger partial charge in [0.1, 0.15) is 12.4 Å². The second kappa shape index (κ2) is 7.34. The third kappa shape index (κ3) is 3.30. The average Bonchev–Trinajstić information content (AvgIpc) is 3.21. The fraction of sp³-hybridized carbons (Fsp3) is 0.316. The van der Waals surface area contributed by atoms with E-state index in [-0.39, 0.29) is 18.4 Å². The molecule has 0 unspecified atom stereocenters. The summed E-state index contributed by atoms with van der Waals surface area (Å²) in [6, 6.07) is 8.17. The van der Waals surface area contributed by atoms with E-state index in [1.807, 2.05) is 22.7 Å². The van der Waals surface area contributed by atoms with Crippen molar-refractivity contribution in [2.45, 2.75) is 0 Å². The minimum atomic E-state index is -0.491. The zero-order chi connectivity index (χ0) is 19.7. The molecule has 1 aromatic carbocycles. The van der Waals surface area contributed by atoms with Crippen molar-refractivity contribution in [1.29, 1.82) is 0 Å². The molecule has 1 aliphatic rings. The van der Waals surface area contributed by atoms with E-state index in [4.69, 9.17) is 0 Å². The van der Waals surface area contributed by atoms with Crippen LogP contribution in [0.3, 0.4) is 0 Å². The molecule has 9 heteroatoms. The van der Waals surface area contributed by atoms with E-state index >= 15 is 0 Å². The van der Waals surface area contributed by atoms with Crippen LogP contribution in [0.25, 0.3) is 16.6 Å². The number of halogens is 1. The lowest BCUT2D eigenvalue weighted by Crippen LogP contribution is -2.52. The number of esters is 1. The summed E-state index contributed by atoms with van der Waals surface area (Å²) in [7, 11) is 1.28. The molecule has 28 heavy (non-hydrogen) atoms. The lowest BCUT2D eigenvalue weighted by atomic mass is 10.2. The number of methoxy groups -OCH3 is 1. The molecular formula is C19H20FN5O3. The van der Waals surface area contributed by atoms with E-state index in [0.29, 0.717) is 31.7 Å². The Balaban J connectivity index is 1.53. The molecule has 3 aromatic rings. The van der Waals surface area contributed by atoms with Gasteiger partial charge in [0.15, 0.2) is 5.82 Å². The van der Waals surface area contributed by atoms with E-state index in [9.17, 15) is 14.0 Å². The standard InChI is InChI=1S/C19H20FN5O3/c1-28-17(26)12-21-19(27)24-9-7-23(8-10-24)18-16-3-2-6-25(16)15-5-4-13(20)11-14(15)22-18/h2-6,11H,7-10,12H2,1H3,(H,21,27). The molecule has 1 fully saturated rings. The van der Waals surface area contributed by atoms with Gasteiger partial charge in [-0.2, -0.15) is 0 Å². The zero-order valence-electron chi connectivity index (χ0n) is 15.4. The predicted octanol–water partition coefficient (Wildman–Crippen LogP) is 1.63. The third-order valence-corrected chi connectivity index (χ3v) is 4.88. The average molecular weight is 385 g/mol. The molecule has 0 radical (unpaired) electrons. The van der Waals surface area contributed by atoms with Crippen molar-refractivity contribution < 1.29 is 18.7 Å². The number of urea groups is 1. The van der Waals surface area contributed by atoms with Gasteiger partial charge in [0.2, 0.25) is 0 Å². The predicted molar refractivity (Wildman–Crippen MR) is 102 cm³/mol. The maximum Gasteiger partial charge on any atom is 0.325 e. The molecule has 1 aliphatic heterocycles. The molecule has 0 bridgehead atoms. The number of nitrogens with one attached hydrogen (secondary N) is 1. The van der Waals surface area contributed by atoms with Crippen molar-refractivity contribution in [3.8, 4) is 0 Å². The molecule has 3 heterocycles. The number of hydrogen-bond acceptors (Lipinski definition) is 5. The van der Waals surface area contributed by atoms with Gasteiger partial charge in [0.25, 0.3) is 0 Å². The lowest BCUT2D eigenvalue weighted by molar-refractivity contribution is -0.139. The summed E-state index contributed by atoms with van der Waals surface area (Å²) >= 11 is 0. The summed E-state index contributed by atoms with van der Waals surface area (Å²) in [6.07, 6.45) is 1.93. The molecule has 0 saturated carbocycles. The van der Waals surface area contributed by atoms with Gasteiger partial charge >= 0.3 is 12.0 Å². The quantitative estimate of drug-likeness (QED) is 0.694. The van der Waals surface area contributed by atoms with Gasteiger partial charge in [-0.3, -0.25) is 4.79 Å². The van der Waals surface area contributed by atoms with Crippen LogP contribution < -0.4 is 10.2 Å². The van der Waals surface area contributed by atoms with Gasteiger partial charge in [-0.1, -0.05) is 0 Å². The molecular weight excluding hydrogens is 365 g/mol. The van der Waals surface area contributed by atoms with Crippen molar-refractivity contribution >= 4 is 34.4 Å². The van der Waals surface area contributed by atoms with Crippen LogP contribution in [0.5, 0.6) is 0 Å². The summed E-state index contributed by atoms with van der Waals surface area (Å²) in [5.41, 5.74) is 2.35. The first-order valence-electron chi connectivity index (χ1n) is 8.97. The van der Waals surface area contributed by atoms with Gasteiger partial charge in [-0.15, -0.1) is 0 Å². The Kier molecular flexibility index (Phi) is 4.72. The Bertz CT molecular complexity index is 1040. The first-order chi connectivity index (χ1) is 13.6. The normalized spacial score (nSPS) is 14.5. The molecule has 0 atom stereocenters. The van der Waals surface area contributed by atoms with Crippen LogP contribution in [-0.4, -0.2) is 66.1 Å². The van der Waals surface area contributed by atoms with Crippen LogP contribution in [0.1, 0.15) is 0 Å². The molecule has 8 nitrogen and oxygen atoms in total. The minimum absolute atomic E-state index is 0.155. The number of anilines is 1. The summed E-state index contributed by atoms with van der Waals surface area (Å²) in [5, 5.41) is 2.55. The summed E-state index contributed by atoms with van der Waals surface area (Å²) in [6.45, 7) is 1.99. The zero-order valence-corrected chi connectivity index (χ0v) is 15.4. The molecule has 0 aliphatic carbocycles. The van der Waals surface area contributed by atoms with E-state index in [1.165, 1.54) is 19.2 Å². The number of ether oxygens (including phenoxy) is 1. The van der Waals surface area contributed by atoms with Crippen LogP contribution in [0.4, 0.5) is 15.0 Å². The van der Waals surface area contributed by atoms with E-state index in [0.717, 1.165) is 16.9 Å². The highest BCUT2D eigenvalue weighted by Gasteiger charge is 2.24. The SMILES string of the molecule is COC(=O)CNC(=O)N1CCN(c2nc3cc(F)ccc3n3cccc23)CC1. The van der Waals surface area contributed by atoms with Gasteiger partial charge < -0.3 is 24.3 Å². The van der Waals surface area contributed by atoms with E-state index in [2.05, 4.69) is 19.9 Å². The van der Waals surface area contributed by atoms with E-state index < -0.39 is 5.97 Å². The molecule has 0 spiro atoms. The Hall–Kier alpha value is -3.36. The maximum absolute atomic E-state index is 13.7. The number of fused-ring (bicyclic) bond motifs is 3. The summed E-state index contributed by atoms with van der Waals surface area (Å²) in [5.74, 6) is -0.0579. The van der Waals surface area contributed by atoms with Crippen molar-refractivity contribution in [1.82, 2.24) is 19.6 Å². The van der Waals surface area contributed by atoms with Gasteiger partial charge in [0, 0.05) is 38.4 Å². The van der Waals surface area contributed by atoms with Crippen LogP contribution in [0, 0.1) is 5.82 Å². The number of nitrogens with zero attached hydrogens (tertiary/aromatic N) is 4. The molecule has 146 valence electrons. The second-order valence-electron chi connectivity index (χ2n) is 6.54. The van der Waals surface area contributed by atoms with Crippen molar-refractivity contribution in [3.63, 3.8) is 0 Å². The van der Waals surface area contributed by atoms with Crippen LogP contribution in [-0.2, 0) is 9.53 Å². The van der Waals surface area contributed by atoms with Gasteiger partial charge in [-0.05, 0) is 24.3 Å². The Labute approximate surface area is 160 Å². The highest BCUT2D eigenvalue weighted by molar-refractivity contribution is 5.85. The van der Waals surface area contributed by atoms with Crippen molar-refractivity contribution in [2.75, 3.05) is 44.7 Å². The number of carbonyl (C=O) groups excluding carboxylic acids is 2. The smallest absolute Gasteiger partial charge is 0.325 e. The van der Waals surface area contributed by atoms with Crippen LogP contribution in [0.15, 0.2) is 36.5 Å². The summed E-state index contributed by atoms with van der Waals surface area (Å²) < 4.78 is 20.2. The Morgan fingerprint density at radius 2 is 1.96 bits per heavy atom. The lowest BCUT2D eigenvalue weighted by Gasteiger charge is -2.35. The van der Waals surface area contributed by atoms with Crippen LogP contribution >= 0.6 is 0 Å². The number of amides is 2. The molecule has 4 rings (SSSR count). The molecule has 2 aromatic heterocycles. The number of carbonyl (C=O) groups is 2. The topological polar surface area (TPSA) is 79.2 Å². The van der Waals surface area contributed by atoms with Crippen molar-refractivity contribution in [3.05, 3.63) is 42.3 Å². The highest BCUT2D eigenvalue weighted by atomic mass is 19.1. The Morgan fingerprint density at radius 1 is 1.18 bits per heavy atom. The van der Waals surface area contributed by atoms with Crippen molar-refractivity contribution in [2.24, 2.45) is 0 Å². The third-order valence-electron chi connectivity index (χ3n) is 4.88. The fourth-order valence-corrected chi connectivity index (χ4v) is 3.42. The number of rotatable bonds is 3. The van der Waals surface area contributed by atoms with Crippen LogP contribution in [0.2, 0.25) is 0 Å². The van der Waals surface area contributed by atoms with E-state index in [1.54, 1.807) is 11.0 Å². The largest absolute Gasteiger partial charge is 0.468 e. The highest BCUT2D eigenvalue weighted by Crippen LogP contribution is 2.26. The minimum Gasteiger partial charge on any atom is -0.468 e. The number of aromatic nitrogens is 2. The number of benzene rings is 1. The summed E-state index contributed by atoms with van der Waals surface area (Å²) in [4.78, 5) is 31.8. The fourth-order valence-electron chi connectivity index (χ4n) is 3.42. The monoisotopic (exact) mass is 385 g/mol. The number of hydrogen-bond donors (Lipinski definition) is 1. The first kappa shape index (κ1) is 18.0. The Morgan fingerprint density at radius 3 is 2.71 bits per heavy atom. The maximum atomic E-state index is 13.7. The molecule has 1 saturated heterocycles. The molecule has 1 N–H and O–H groups in total. The number of piperazine rings is 1.